The Labute approximate surface area is 248 Å². The summed E-state index contributed by atoms with van der Waals surface area (Å²) in [6.07, 6.45) is -0.156. The molecule has 6 N–H and O–H groups in total. The van der Waals surface area contributed by atoms with E-state index in [4.69, 9.17) is 17.3 Å². The zero-order valence-electron chi connectivity index (χ0n) is 23.8. The second-order valence-electron chi connectivity index (χ2n) is 12.2. The van der Waals surface area contributed by atoms with Crippen molar-refractivity contribution in [3.05, 3.63) is 80.6 Å². The molecule has 222 valence electrons. The molecule has 0 aromatic heterocycles. The van der Waals surface area contributed by atoms with Gasteiger partial charge >= 0.3 is 0 Å². The fourth-order valence-electron chi connectivity index (χ4n) is 6.90. The number of likely N-dealkylation sites (N-methyl/N-ethyl adjacent to an activating group) is 1. The van der Waals surface area contributed by atoms with Gasteiger partial charge in [-0.15, -0.1) is 0 Å². The highest BCUT2D eigenvalue weighted by molar-refractivity contribution is 6.32. The summed E-state index contributed by atoms with van der Waals surface area (Å²) in [5.41, 5.74) is 3.78. The van der Waals surface area contributed by atoms with Crippen molar-refractivity contribution in [1.82, 2.24) is 4.90 Å². The summed E-state index contributed by atoms with van der Waals surface area (Å²) in [4.78, 5) is 40.3. The molecule has 9 nitrogen and oxygen atoms in total. The maximum Gasteiger partial charge on any atom is 0.255 e. The van der Waals surface area contributed by atoms with Crippen LogP contribution in [-0.4, -0.2) is 61.5 Å². The lowest BCUT2D eigenvalue weighted by Gasteiger charge is -2.46. The molecule has 10 heteroatoms. The number of amides is 1. The summed E-state index contributed by atoms with van der Waals surface area (Å²) in [7, 11) is 0. The second kappa shape index (κ2) is 10.6. The Morgan fingerprint density at radius 3 is 2.43 bits per heavy atom. The Kier molecular flexibility index (Phi) is 7.50. The molecule has 1 amide bonds. The van der Waals surface area contributed by atoms with Gasteiger partial charge in [-0.2, -0.15) is 0 Å². The zero-order valence-corrected chi connectivity index (χ0v) is 24.5. The maximum absolute atomic E-state index is 13.7. The predicted molar refractivity (Wildman–Crippen MR) is 157 cm³/mol. The van der Waals surface area contributed by atoms with E-state index in [9.17, 15) is 34.8 Å². The van der Waals surface area contributed by atoms with Gasteiger partial charge in [0.1, 0.15) is 22.8 Å². The summed E-state index contributed by atoms with van der Waals surface area (Å²) >= 11 is 6.93. The largest absolute Gasteiger partial charge is 0.508 e. The average Bonchev–Trinajstić information content (AvgIpc) is 2.93. The molecule has 0 bridgehead atoms. The number of hydrogen-bond donors (Lipinski definition) is 5. The van der Waals surface area contributed by atoms with E-state index in [1.807, 2.05) is 25.1 Å². The van der Waals surface area contributed by atoms with Gasteiger partial charge in [0.15, 0.2) is 11.4 Å². The van der Waals surface area contributed by atoms with E-state index in [1.165, 1.54) is 11.6 Å². The molecule has 3 aliphatic rings. The Morgan fingerprint density at radius 2 is 1.81 bits per heavy atom. The summed E-state index contributed by atoms with van der Waals surface area (Å²) in [5, 5.41) is 44.9. The van der Waals surface area contributed by atoms with Crippen LogP contribution in [0.25, 0.3) is 5.76 Å². The van der Waals surface area contributed by atoms with Gasteiger partial charge in [0, 0.05) is 41.4 Å². The van der Waals surface area contributed by atoms with Gasteiger partial charge in [-0.25, -0.2) is 0 Å². The van der Waals surface area contributed by atoms with Crippen molar-refractivity contribution < 1.29 is 34.8 Å². The molecule has 0 saturated heterocycles. The number of nitrogens with zero attached hydrogens (tertiary/aromatic N) is 1. The minimum Gasteiger partial charge on any atom is -0.508 e. The molecule has 0 heterocycles. The number of carbonyl (C=O) groups is 3. The Morgan fingerprint density at radius 1 is 1.14 bits per heavy atom. The molecule has 2 aromatic rings. The number of ketones is 2. The minimum absolute atomic E-state index is 0.0106. The van der Waals surface area contributed by atoms with Gasteiger partial charge in [0.05, 0.1) is 5.56 Å². The summed E-state index contributed by atoms with van der Waals surface area (Å²) in [6, 6.07) is 11.7. The highest BCUT2D eigenvalue weighted by Gasteiger charge is 2.60. The standard InChI is InChI=1S/C32H35ClN2O7/c1-4-35(15-31(2,3)18-8-6-5-7-9-18)14-17-12-21(36)24-20(26(17)33)11-16-10-19-13-22(37)25(30(34)41)29(40)32(19,42)28(39)23(16)27(24)38/h5-9,12,16,19,36,38,40,42H,4,10-11,13-15H2,1-3H3,(H2,34,41)/t16?,19-,32-/m0/s1. The van der Waals surface area contributed by atoms with Crippen LogP contribution in [0.4, 0.5) is 0 Å². The number of aromatic hydroxyl groups is 1. The van der Waals surface area contributed by atoms with Crippen molar-refractivity contribution in [3.63, 3.8) is 0 Å². The number of benzene rings is 2. The SMILES string of the molecule is CCN(Cc1cc(O)c2c(c1Cl)CC1C[C@H]3CC(=O)C(C(N)=O)=C(O)[C@@]3(O)C(=O)C1=C2O)CC(C)(C)c1ccccc1. The Balaban J connectivity index is 1.51. The molecule has 1 saturated carbocycles. The van der Waals surface area contributed by atoms with Crippen LogP contribution in [0.15, 0.2) is 53.3 Å². The monoisotopic (exact) mass is 594 g/mol. The van der Waals surface area contributed by atoms with Crippen LogP contribution >= 0.6 is 11.6 Å². The molecule has 0 radical (unpaired) electrons. The molecular formula is C32H35ClN2O7. The van der Waals surface area contributed by atoms with Crippen LogP contribution in [0.5, 0.6) is 5.75 Å². The normalized spacial score (nSPS) is 24.0. The Hall–Kier alpha value is -3.66. The van der Waals surface area contributed by atoms with E-state index >= 15 is 0 Å². The predicted octanol–water partition coefficient (Wildman–Crippen LogP) is 3.88. The third-order valence-corrected chi connectivity index (χ3v) is 9.56. The smallest absolute Gasteiger partial charge is 0.255 e. The lowest BCUT2D eigenvalue weighted by atomic mass is 9.59. The topological polar surface area (TPSA) is 161 Å². The lowest BCUT2D eigenvalue weighted by molar-refractivity contribution is -0.147. The van der Waals surface area contributed by atoms with Crippen LogP contribution in [0.3, 0.4) is 0 Å². The van der Waals surface area contributed by atoms with E-state index < -0.39 is 52.0 Å². The van der Waals surface area contributed by atoms with Crippen LogP contribution in [0, 0.1) is 11.8 Å². The molecule has 2 aromatic carbocycles. The number of aliphatic hydroxyl groups is 3. The van der Waals surface area contributed by atoms with Gasteiger partial charge in [0.2, 0.25) is 5.78 Å². The number of hydrogen-bond acceptors (Lipinski definition) is 8. The molecular weight excluding hydrogens is 560 g/mol. The van der Waals surface area contributed by atoms with Crippen LogP contribution in [0.2, 0.25) is 5.02 Å². The van der Waals surface area contributed by atoms with Gasteiger partial charge in [-0.1, -0.05) is 62.7 Å². The molecule has 0 spiro atoms. The number of aliphatic hydroxyl groups excluding tert-OH is 2. The fourth-order valence-corrected chi connectivity index (χ4v) is 7.19. The number of Topliss-reactive ketones (excluding diaryl/α,β-unsaturated/α-hetero) is 2. The number of fused-ring (bicyclic) bond motifs is 3. The van der Waals surface area contributed by atoms with Gasteiger partial charge in [0.25, 0.3) is 5.91 Å². The molecule has 3 atom stereocenters. The first-order chi connectivity index (χ1) is 19.7. The van der Waals surface area contributed by atoms with Crippen LogP contribution < -0.4 is 5.73 Å². The minimum atomic E-state index is -2.60. The van der Waals surface area contributed by atoms with Crippen molar-refractivity contribution in [2.75, 3.05) is 13.1 Å². The number of primary amides is 1. The van der Waals surface area contributed by atoms with E-state index in [0.29, 0.717) is 29.2 Å². The van der Waals surface area contributed by atoms with Crippen molar-refractivity contribution in [3.8, 4) is 5.75 Å². The molecule has 1 unspecified atom stereocenters. The quantitative estimate of drug-likeness (QED) is 0.302. The van der Waals surface area contributed by atoms with Gasteiger partial charge < -0.3 is 26.2 Å². The van der Waals surface area contributed by atoms with E-state index in [-0.39, 0.29) is 41.6 Å². The third kappa shape index (κ3) is 4.60. The average molecular weight is 595 g/mol. The molecule has 1 fully saturated rings. The highest BCUT2D eigenvalue weighted by Crippen LogP contribution is 2.53. The van der Waals surface area contributed by atoms with Crippen molar-refractivity contribution >= 4 is 34.8 Å². The molecule has 42 heavy (non-hydrogen) atoms. The van der Waals surface area contributed by atoms with Gasteiger partial charge in [-0.3, -0.25) is 19.3 Å². The van der Waals surface area contributed by atoms with E-state index in [1.54, 1.807) is 0 Å². The summed E-state index contributed by atoms with van der Waals surface area (Å²) in [5.74, 6) is -6.64. The number of phenols is 1. The van der Waals surface area contributed by atoms with Crippen molar-refractivity contribution in [2.45, 2.75) is 57.6 Å². The summed E-state index contributed by atoms with van der Waals surface area (Å²) in [6.45, 7) is 8.23. The van der Waals surface area contributed by atoms with Crippen LogP contribution in [0.1, 0.15) is 55.9 Å². The van der Waals surface area contributed by atoms with Crippen LogP contribution in [-0.2, 0) is 32.8 Å². The summed E-state index contributed by atoms with van der Waals surface area (Å²) < 4.78 is 0. The Bertz CT molecular complexity index is 1560. The number of rotatable bonds is 7. The molecule has 5 rings (SSSR count). The third-order valence-electron chi connectivity index (χ3n) is 9.09. The van der Waals surface area contributed by atoms with Crippen molar-refractivity contribution in [1.29, 1.82) is 0 Å². The first kappa shape index (κ1) is 29.8. The number of nitrogens with two attached hydrogens (primary N) is 1. The zero-order chi connectivity index (χ0) is 30.7. The number of carbonyl (C=O) groups excluding carboxylic acids is 3. The van der Waals surface area contributed by atoms with Crippen molar-refractivity contribution in [2.24, 2.45) is 17.6 Å². The number of halogens is 1. The van der Waals surface area contributed by atoms with Gasteiger partial charge in [-0.05, 0) is 48.1 Å². The highest BCUT2D eigenvalue weighted by atomic mass is 35.5. The maximum atomic E-state index is 13.7. The first-order valence-electron chi connectivity index (χ1n) is 14.0. The first-order valence-corrected chi connectivity index (χ1v) is 14.4. The van der Waals surface area contributed by atoms with E-state index in [0.717, 1.165) is 6.54 Å². The van der Waals surface area contributed by atoms with E-state index in [2.05, 4.69) is 30.9 Å². The number of phenolic OH excluding ortho intramolecular Hbond substituents is 1. The molecule has 3 aliphatic carbocycles. The lowest BCUT2D eigenvalue weighted by Crippen LogP contribution is -2.58. The fraction of sp³-hybridized carbons (Fsp3) is 0.406. The second-order valence-corrected chi connectivity index (χ2v) is 12.6. The molecule has 0 aliphatic heterocycles.